The Kier molecular flexibility index (Phi) is 5.37. The van der Waals surface area contributed by atoms with Gasteiger partial charge >= 0.3 is 10.1 Å². The van der Waals surface area contributed by atoms with Gasteiger partial charge in [-0.05, 0) is 43.2 Å². The first-order valence-corrected chi connectivity index (χ1v) is 12.8. The van der Waals surface area contributed by atoms with Crippen molar-refractivity contribution in [3.63, 3.8) is 0 Å². The van der Waals surface area contributed by atoms with Crippen LogP contribution in [0.5, 0.6) is 5.75 Å². The van der Waals surface area contributed by atoms with Crippen LogP contribution in [-0.2, 0) is 10.1 Å². The minimum atomic E-state index is -3.81. The normalized spacial score (nSPS) is 19.3. The second kappa shape index (κ2) is 8.08. The summed E-state index contributed by atoms with van der Waals surface area (Å²) in [4.78, 5) is 30.5. The Hall–Kier alpha value is -2.58. The molecule has 0 spiro atoms. The number of rotatable bonds is 4. The molecule has 1 unspecified atom stereocenters. The van der Waals surface area contributed by atoms with Crippen molar-refractivity contribution >= 4 is 48.5 Å². The molecule has 3 aromatic rings. The maximum absolute atomic E-state index is 13.0. The van der Waals surface area contributed by atoms with Crippen molar-refractivity contribution < 1.29 is 22.2 Å². The van der Waals surface area contributed by atoms with E-state index in [1.165, 1.54) is 0 Å². The summed E-state index contributed by atoms with van der Waals surface area (Å²) < 4.78 is 32.0. The van der Waals surface area contributed by atoms with Gasteiger partial charge in [-0.3, -0.25) is 9.59 Å². The van der Waals surface area contributed by atoms with Gasteiger partial charge in [0.15, 0.2) is 17.3 Å². The van der Waals surface area contributed by atoms with Crippen molar-refractivity contribution in [3.05, 3.63) is 69.8 Å². The molecule has 164 valence electrons. The fourth-order valence-electron chi connectivity index (χ4n) is 4.54. The Labute approximate surface area is 194 Å². The molecule has 0 amide bonds. The van der Waals surface area contributed by atoms with E-state index in [1.807, 2.05) is 0 Å². The van der Waals surface area contributed by atoms with E-state index in [2.05, 4.69) is 20.9 Å². The van der Waals surface area contributed by atoms with Gasteiger partial charge in [0, 0.05) is 21.0 Å². The monoisotopic (exact) mass is 513 g/mol. The highest BCUT2D eigenvalue weighted by molar-refractivity contribution is 9.10. The largest absolute Gasteiger partial charge is 0.380 e. The Bertz CT molecular complexity index is 1360. The van der Waals surface area contributed by atoms with Gasteiger partial charge in [0.05, 0.1) is 10.9 Å². The molecule has 0 N–H and O–H groups in total. The highest BCUT2D eigenvalue weighted by Crippen LogP contribution is 2.36. The number of carbonyl (C=O) groups is 2. The lowest BCUT2D eigenvalue weighted by molar-refractivity contribution is 0.0888. The van der Waals surface area contributed by atoms with Gasteiger partial charge in [0.1, 0.15) is 11.4 Å². The van der Waals surface area contributed by atoms with Crippen LogP contribution >= 0.6 is 15.9 Å². The topological polar surface area (TPSA) is 90.4 Å². The third-order valence-electron chi connectivity index (χ3n) is 6.20. The fourth-order valence-corrected chi connectivity index (χ4v) is 6.34. The van der Waals surface area contributed by atoms with Crippen molar-refractivity contribution in [2.45, 2.75) is 43.3 Å². The number of hydrogen-bond donors (Lipinski definition) is 0. The maximum atomic E-state index is 13.0. The summed E-state index contributed by atoms with van der Waals surface area (Å²) in [5.41, 5.74) is 1.34. The SMILES string of the molecule is O=C1c2ccc(Br)cc2C(=O)C1c1ccc2cccc(OS(=O)(=O)C3CCCCC3)c2n1. The quantitative estimate of drug-likeness (QED) is 0.351. The van der Waals surface area contributed by atoms with Crippen LogP contribution in [-0.4, -0.2) is 30.2 Å². The van der Waals surface area contributed by atoms with Gasteiger partial charge in [-0.1, -0.05) is 53.4 Å². The number of carbonyl (C=O) groups excluding carboxylic acids is 2. The van der Waals surface area contributed by atoms with Crippen molar-refractivity contribution in [3.8, 4) is 5.75 Å². The molecule has 1 heterocycles. The predicted molar refractivity (Wildman–Crippen MR) is 124 cm³/mol. The number of fused-ring (bicyclic) bond motifs is 2. The Balaban J connectivity index is 1.53. The molecule has 0 saturated heterocycles. The number of Topliss-reactive ketones (excluding diaryl/α,β-unsaturated/α-hetero) is 2. The van der Waals surface area contributed by atoms with Crippen LogP contribution < -0.4 is 4.18 Å². The summed E-state index contributed by atoms with van der Waals surface area (Å²) in [5, 5.41) is 0.142. The molecular weight excluding hydrogens is 494 g/mol. The molecule has 1 saturated carbocycles. The summed E-state index contributed by atoms with van der Waals surface area (Å²) in [7, 11) is -3.81. The molecule has 32 heavy (non-hydrogen) atoms. The smallest absolute Gasteiger partial charge is 0.312 e. The molecule has 1 atom stereocenters. The number of para-hydroxylation sites is 1. The average Bonchev–Trinajstić information content (AvgIpc) is 3.03. The van der Waals surface area contributed by atoms with E-state index in [0.717, 1.165) is 19.3 Å². The van der Waals surface area contributed by atoms with Crippen molar-refractivity contribution in [2.75, 3.05) is 0 Å². The summed E-state index contributed by atoms with van der Waals surface area (Å²) in [6.07, 6.45) is 3.95. The van der Waals surface area contributed by atoms with Crippen LogP contribution in [0.1, 0.15) is 64.4 Å². The molecule has 5 rings (SSSR count). The molecule has 0 radical (unpaired) electrons. The van der Waals surface area contributed by atoms with Gasteiger partial charge in [-0.15, -0.1) is 0 Å². The third kappa shape index (κ3) is 3.65. The number of nitrogens with zero attached hydrogens (tertiary/aromatic N) is 1. The molecule has 1 aromatic heterocycles. The van der Waals surface area contributed by atoms with E-state index in [9.17, 15) is 18.0 Å². The van der Waals surface area contributed by atoms with Gasteiger partial charge in [0.2, 0.25) is 0 Å². The van der Waals surface area contributed by atoms with Crippen molar-refractivity contribution in [1.29, 1.82) is 0 Å². The van der Waals surface area contributed by atoms with Crippen LogP contribution in [0.2, 0.25) is 0 Å². The second-order valence-electron chi connectivity index (χ2n) is 8.25. The molecular formula is C24H20BrNO5S. The predicted octanol–water partition coefficient (Wildman–Crippen LogP) is 5.20. The van der Waals surface area contributed by atoms with Crippen LogP contribution in [0, 0.1) is 0 Å². The Morgan fingerprint density at radius 2 is 1.66 bits per heavy atom. The van der Waals surface area contributed by atoms with Gasteiger partial charge in [-0.25, -0.2) is 4.98 Å². The molecule has 0 bridgehead atoms. The fraction of sp³-hybridized carbons (Fsp3) is 0.292. The number of pyridine rings is 1. The van der Waals surface area contributed by atoms with Crippen LogP contribution in [0.25, 0.3) is 10.9 Å². The van der Waals surface area contributed by atoms with Crippen LogP contribution in [0.15, 0.2) is 53.0 Å². The summed E-state index contributed by atoms with van der Waals surface area (Å²) in [6, 6.07) is 13.4. The highest BCUT2D eigenvalue weighted by atomic mass is 79.9. The lowest BCUT2D eigenvalue weighted by Crippen LogP contribution is -2.28. The molecule has 2 aliphatic rings. The van der Waals surface area contributed by atoms with E-state index in [4.69, 9.17) is 4.18 Å². The van der Waals surface area contributed by atoms with Gasteiger partial charge in [-0.2, -0.15) is 8.42 Å². The molecule has 6 nitrogen and oxygen atoms in total. The number of ketones is 2. The molecule has 2 aromatic carbocycles. The lowest BCUT2D eigenvalue weighted by Gasteiger charge is -2.21. The van der Waals surface area contributed by atoms with E-state index in [0.29, 0.717) is 39.3 Å². The minimum absolute atomic E-state index is 0.119. The van der Waals surface area contributed by atoms with Crippen LogP contribution in [0.4, 0.5) is 0 Å². The highest BCUT2D eigenvalue weighted by Gasteiger charge is 2.40. The number of benzene rings is 2. The Morgan fingerprint density at radius 3 is 2.44 bits per heavy atom. The lowest BCUT2D eigenvalue weighted by atomic mass is 9.98. The van der Waals surface area contributed by atoms with E-state index >= 15 is 0 Å². The second-order valence-corrected chi connectivity index (χ2v) is 11.0. The summed E-state index contributed by atoms with van der Waals surface area (Å²) in [6.45, 7) is 0. The molecule has 8 heteroatoms. The first-order valence-electron chi connectivity index (χ1n) is 10.6. The van der Waals surface area contributed by atoms with Crippen molar-refractivity contribution in [2.24, 2.45) is 0 Å². The van der Waals surface area contributed by atoms with E-state index < -0.39 is 21.3 Å². The van der Waals surface area contributed by atoms with E-state index in [1.54, 1.807) is 48.5 Å². The first-order chi connectivity index (χ1) is 15.3. The van der Waals surface area contributed by atoms with Gasteiger partial charge in [0.25, 0.3) is 0 Å². The summed E-state index contributed by atoms with van der Waals surface area (Å²) >= 11 is 3.34. The zero-order valence-electron chi connectivity index (χ0n) is 17.1. The molecule has 2 aliphatic carbocycles. The zero-order valence-corrected chi connectivity index (χ0v) is 19.5. The number of hydrogen-bond acceptors (Lipinski definition) is 6. The summed E-state index contributed by atoms with van der Waals surface area (Å²) in [5.74, 6) is -1.55. The van der Waals surface area contributed by atoms with Crippen molar-refractivity contribution in [1.82, 2.24) is 4.98 Å². The maximum Gasteiger partial charge on any atom is 0.312 e. The Morgan fingerprint density at radius 1 is 0.906 bits per heavy atom. The zero-order chi connectivity index (χ0) is 22.5. The minimum Gasteiger partial charge on any atom is -0.380 e. The first kappa shape index (κ1) is 21.3. The third-order valence-corrected chi connectivity index (χ3v) is 8.40. The number of halogens is 1. The van der Waals surface area contributed by atoms with Gasteiger partial charge < -0.3 is 4.18 Å². The number of aromatic nitrogens is 1. The van der Waals surface area contributed by atoms with E-state index in [-0.39, 0.29) is 23.0 Å². The standard InChI is InChI=1S/C24H20BrNO5S/c25-15-10-11-17-18(13-15)24(28)21(23(17)27)19-12-9-14-5-4-8-20(22(14)26-19)31-32(29,30)16-6-2-1-3-7-16/h4-5,8-13,16,21H,1-3,6-7H2. The average molecular weight is 514 g/mol. The van der Waals surface area contributed by atoms with Crippen LogP contribution in [0.3, 0.4) is 0 Å². The molecule has 0 aliphatic heterocycles. The molecule has 1 fully saturated rings.